The van der Waals surface area contributed by atoms with Gasteiger partial charge in [-0.15, -0.1) is 0 Å². The van der Waals surface area contributed by atoms with E-state index >= 15 is 0 Å². The molecule has 0 saturated carbocycles. The molecule has 10 heteroatoms. The number of rotatable bonds is 7. The van der Waals surface area contributed by atoms with Crippen LogP contribution in [0.15, 0.2) is 63.6 Å². The number of esters is 1. The van der Waals surface area contributed by atoms with Crippen LogP contribution in [-0.4, -0.2) is 46.6 Å². The number of halogens is 1. The number of non-ortho nitro benzene ring substituents is 1. The summed E-state index contributed by atoms with van der Waals surface area (Å²) >= 11 is 3.35. The number of nitro benzene ring substituents is 1. The third-order valence-corrected chi connectivity index (χ3v) is 5.32. The number of ether oxygens (including phenoxy) is 1. The number of carbonyl (C=O) groups excluding carboxylic acids is 1. The quantitative estimate of drug-likeness (QED) is 0.203. The highest BCUT2D eigenvalue weighted by Crippen LogP contribution is 2.29. The fraction of sp³-hybridized carbons (Fsp3) is 0.273. The molecule has 32 heavy (non-hydrogen) atoms. The van der Waals surface area contributed by atoms with Crippen molar-refractivity contribution in [1.29, 1.82) is 0 Å². The van der Waals surface area contributed by atoms with E-state index in [1.807, 2.05) is 30.3 Å². The van der Waals surface area contributed by atoms with Crippen molar-refractivity contribution in [2.75, 3.05) is 18.5 Å². The van der Waals surface area contributed by atoms with Crippen molar-refractivity contribution in [2.24, 2.45) is 21.0 Å². The standard InChI is InChI=1S/C22H22BrN5O4/c1-3-32-22(29)14(2)19(12-23)26-27-20-13-24-21(15-7-5-4-6-8-15)17-11-16(28(30)31)9-10-18(17)25-20/h4-11,14H,3,12-13H2,1-2H3,(H,25,27). The molecule has 0 amide bonds. The average molecular weight is 500 g/mol. The fourth-order valence-corrected chi connectivity index (χ4v) is 3.64. The lowest BCUT2D eigenvalue weighted by Crippen LogP contribution is -2.29. The van der Waals surface area contributed by atoms with Crippen LogP contribution in [0, 0.1) is 16.0 Å². The first-order valence-corrected chi connectivity index (χ1v) is 11.1. The predicted molar refractivity (Wildman–Crippen MR) is 127 cm³/mol. The topological polar surface area (TPSA) is 119 Å². The first-order valence-electron chi connectivity index (χ1n) is 9.95. The Morgan fingerprint density at radius 1 is 1.31 bits per heavy atom. The van der Waals surface area contributed by atoms with E-state index in [1.165, 1.54) is 12.1 Å². The number of hydrogen-bond acceptors (Lipinski definition) is 8. The Morgan fingerprint density at radius 2 is 2.06 bits per heavy atom. The van der Waals surface area contributed by atoms with Gasteiger partial charge in [-0.25, -0.2) is 4.99 Å². The molecule has 3 rings (SSSR count). The molecule has 0 fully saturated rings. The second kappa shape index (κ2) is 10.8. The zero-order chi connectivity index (χ0) is 23.1. The number of hydrogen-bond donors (Lipinski definition) is 1. The summed E-state index contributed by atoms with van der Waals surface area (Å²) in [6.45, 7) is 3.94. The first kappa shape index (κ1) is 23.3. The number of fused-ring (bicyclic) bond motifs is 1. The minimum Gasteiger partial charge on any atom is -0.465 e. The molecule has 1 heterocycles. The second-order valence-corrected chi connectivity index (χ2v) is 7.43. The molecule has 1 unspecified atom stereocenters. The highest BCUT2D eigenvalue weighted by molar-refractivity contribution is 9.09. The van der Waals surface area contributed by atoms with Gasteiger partial charge in [0, 0.05) is 28.6 Å². The number of hydrazone groups is 1. The molecule has 2 aromatic rings. The fourth-order valence-electron chi connectivity index (χ4n) is 3.03. The average Bonchev–Trinajstić information content (AvgIpc) is 2.98. The van der Waals surface area contributed by atoms with Crippen molar-refractivity contribution in [3.63, 3.8) is 0 Å². The van der Waals surface area contributed by atoms with Crippen molar-refractivity contribution < 1.29 is 14.5 Å². The molecule has 1 aliphatic rings. The van der Waals surface area contributed by atoms with Gasteiger partial charge in [-0.2, -0.15) is 5.10 Å². The molecule has 166 valence electrons. The second-order valence-electron chi connectivity index (χ2n) is 6.87. The Kier molecular flexibility index (Phi) is 7.82. The summed E-state index contributed by atoms with van der Waals surface area (Å²) < 4.78 is 5.06. The Hall–Kier alpha value is -3.40. The molecule has 1 N–H and O–H groups in total. The molecule has 2 aromatic carbocycles. The van der Waals surface area contributed by atoms with Gasteiger partial charge in [0.2, 0.25) is 0 Å². The largest absolute Gasteiger partial charge is 0.465 e. The van der Waals surface area contributed by atoms with Gasteiger partial charge in [-0.1, -0.05) is 46.3 Å². The summed E-state index contributed by atoms with van der Waals surface area (Å²) in [5.74, 6) is -0.454. The van der Waals surface area contributed by atoms with E-state index in [9.17, 15) is 14.9 Å². The minimum absolute atomic E-state index is 0.0400. The van der Waals surface area contributed by atoms with Crippen LogP contribution in [0.25, 0.3) is 0 Å². The highest BCUT2D eigenvalue weighted by atomic mass is 79.9. The lowest BCUT2D eigenvalue weighted by atomic mass is 10.00. The van der Waals surface area contributed by atoms with Crippen LogP contribution in [0.4, 0.5) is 11.4 Å². The zero-order valence-corrected chi connectivity index (χ0v) is 19.2. The molecule has 0 radical (unpaired) electrons. The van der Waals surface area contributed by atoms with Crippen LogP contribution < -0.4 is 5.43 Å². The van der Waals surface area contributed by atoms with Gasteiger partial charge in [0.1, 0.15) is 5.84 Å². The van der Waals surface area contributed by atoms with Crippen LogP contribution in [0.5, 0.6) is 0 Å². The van der Waals surface area contributed by atoms with E-state index in [0.717, 1.165) is 5.56 Å². The summed E-state index contributed by atoms with van der Waals surface area (Å²) in [6.07, 6.45) is 0. The molecule has 0 spiro atoms. The molecular weight excluding hydrogens is 478 g/mol. The number of aliphatic imine (C=N–C) groups is 2. The monoisotopic (exact) mass is 499 g/mol. The number of nitrogens with one attached hydrogen (secondary N) is 1. The van der Waals surface area contributed by atoms with Crippen LogP contribution in [0.2, 0.25) is 0 Å². The molecule has 1 aliphatic heterocycles. The van der Waals surface area contributed by atoms with Gasteiger partial charge in [0.15, 0.2) is 0 Å². The molecule has 0 aromatic heterocycles. The molecule has 0 aliphatic carbocycles. The van der Waals surface area contributed by atoms with E-state index in [2.05, 4.69) is 36.4 Å². The van der Waals surface area contributed by atoms with Crippen molar-refractivity contribution in [3.8, 4) is 0 Å². The van der Waals surface area contributed by atoms with Crippen molar-refractivity contribution in [3.05, 3.63) is 69.8 Å². The number of alkyl halides is 1. The third kappa shape index (κ3) is 5.44. The number of benzene rings is 2. The number of nitrogens with zero attached hydrogens (tertiary/aromatic N) is 4. The molecule has 0 bridgehead atoms. The van der Waals surface area contributed by atoms with Gasteiger partial charge < -0.3 is 4.74 Å². The number of carbonyl (C=O) groups is 1. The van der Waals surface area contributed by atoms with E-state index in [0.29, 0.717) is 40.4 Å². The van der Waals surface area contributed by atoms with Crippen molar-refractivity contribution in [1.82, 2.24) is 5.43 Å². The maximum atomic E-state index is 12.0. The normalized spacial score (nSPS) is 14.4. The summed E-state index contributed by atoms with van der Waals surface area (Å²) in [7, 11) is 0. The molecule has 9 nitrogen and oxygen atoms in total. The van der Waals surface area contributed by atoms with Gasteiger partial charge in [-0.05, 0) is 19.9 Å². The molecule has 1 atom stereocenters. The highest BCUT2D eigenvalue weighted by Gasteiger charge is 2.22. The summed E-state index contributed by atoms with van der Waals surface area (Å²) in [6, 6.07) is 13.9. The molecular formula is C22H22BrN5O4. The zero-order valence-electron chi connectivity index (χ0n) is 17.6. The Labute approximate surface area is 193 Å². The van der Waals surface area contributed by atoms with Gasteiger partial charge >= 0.3 is 5.97 Å². The van der Waals surface area contributed by atoms with E-state index in [4.69, 9.17) is 4.74 Å². The van der Waals surface area contributed by atoms with E-state index < -0.39 is 10.8 Å². The summed E-state index contributed by atoms with van der Waals surface area (Å²) in [4.78, 5) is 32.2. The van der Waals surface area contributed by atoms with Crippen LogP contribution in [-0.2, 0) is 9.53 Å². The Balaban J connectivity index is 1.97. The first-order chi connectivity index (χ1) is 15.4. The van der Waals surface area contributed by atoms with Gasteiger partial charge in [-0.3, -0.25) is 25.3 Å². The smallest absolute Gasteiger partial charge is 0.314 e. The van der Waals surface area contributed by atoms with E-state index in [-0.39, 0.29) is 18.2 Å². The summed E-state index contributed by atoms with van der Waals surface area (Å²) in [5, 5.41) is 16.0. The van der Waals surface area contributed by atoms with Crippen LogP contribution in [0.3, 0.4) is 0 Å². The Bertz CT molecular complexity index is 1100. The van der Waals surface area contributed by atoms with Crippen LogP contribution >= 0.6 is 15.9 Å². The number of amidine groups is 1. The predicted octanol–water partition coefficient (Wildman–Crippen LogP) is 4.02. The van der Waals surface area contributed by atoms with Crippen molar-refractivity contribution in [2.45, 2.75) is 13.8 Å². The number of nitro groups is 1. The SMILES string of the molecule is CCOC(=O)C(C)C(CBr)=NNC1=Nc2ccc([N+](=O)[O-])cc2C(c2ccccc2)=NC1. The van der Waals surface area contributed by atoms with Crippen LogP contribution in [0.1, 0.15) is 25.0 Å². The lowest BCUT2D eigenvalue weighted by molar-refractivity contribution is -0.384. The molecule has 0 saturated heterocycles. The van der Waals surface area contributed by atoms with Crippen molar-refractivity contribution >= 4 is 50.5 Å². The third-order valence-electron chi connectivity index (χ3n) is 4.74. The lowest BCUT2D eigenvalue weighted by Gasteiger charge is -2.12. The Morgan fingerprint density at radius 3 is 2.72 bits per heavy atom. The summed E-state index contributed by atoms with van der Waals surface area (Å²) in [5.41, 5.74) is 5.94. The maximum absolute atomic E-state index is 12.0. The minimum atomic E-state index is -0.536. The maximum Gasteiger partial charge on any atom is 0.314 e. The van der Waals surface area contributed by atoms with Gasteiger partial charge in [0.25, 0.3) is 5.69 Å². The van der Waals surface area contributed by atoms with E-state index in [1.54, 1.807) is 19.9 Å². The van der Waals surface area contributed by atoms with Gasteiger partial charge in [0.05, 0.1) is 41.1 Å².